The van der Waals surface area contributed by atoms with Gasteiger partial charge >= 0.3 is 5.97 Å². The molecule has 0 fully saturated rings. The Labute approximate surface area is 115 Å². The summed E-state index contributed by atoms with van der Waals surface area (Å²) in [6, 6.07) is 1.70. The predicted octanol–water partition coefficient (Wildman–Crippen LogP) is 3.49. The zero-order chi connectivity index (χ0) is 14.3. The van der Waals surface area contributed by atoms with Crippen molar-refractivity contribution in [2.24, 2.45) is 0 Å². The summed E-state index contributed by atoms with van der Waals surface area (Å²) in [5, 5.41) is 8.97. The van der Waals surface area contributed by atoms with Crippen molar-refractivity contribution in [1.82, 2.24) is 4.98 Å². The van der Waals surface area contributed by atoms with Crippen LogP contribution >= 0.6 is 0 Å². The van der Waals surface area contributed by atoms with Crippen LogP contribution in [-0.2, 0) is 0 Å². The number of rotatable bonds is 8. The molecule has 0 saturated heterocycles. The summed E-state index contributed by atoms with van der Waals surface area (Å²) < 4.78 is 0. The maximum atomic E-state index is 10.9. The lowest BCUT2D eigenvalue weighted by atomic mass is 10.1. The molecule has 0 unspecified atom stereocenters. The molecule has 1 aromatic rings. The molecule has 0 aliphatic carbocycles. The van der Waals surface area contributed by atoms with Crippen LogP contribution in [-0.4, -0.2) is 29.1 Å². The van der Waals surface area contributed by atoms with Gasteiger partial charge in [-0.1, -0.05) is 26.7 Å². The molecule has 0 aliphatic heterocycles. The van der Waals surface area contributed by atoms with E-state index in [-0.39, 0.29) is 5.56 Å². The first kappa shape index (κ1) is 15.5. The molecule has 1 rings (SSSR count). The number of aromatic nitrogens is 1. The molecule has 0 aromatic carbocycles. The molecule has 0 spiro atoms. The van der Waals surface area contributed by atoms with E-state index in [1.165, 1.54) is 6.20 Å². The monoisotopic (exact) mass is 264 g/mol. The largest absolute Gasteiger partial charge is 0.478 e. The van der Waals surface area contributed by atoms with Crippen molar-refractivity contribution in [3.8, 4) is 0 Å². The van der Waals surface area contributed by atoms with Crippen LogP contribution in [0, 0.1) is 6.92 Å². The van der Waals surface area contributed by atoms with Gasteiger partial charge in [-0.2, -0.15) is 0 Å². The van der Waals surface area contributed by atoms with Gasteiger partial charge in [0.15, 0.2) is 0 Å². The number of aryl methyl sites for hydroxylation is 1. The molecular weight excluding hydrogens is 240 g/mol. The van der Waals surface area contributed by atoms with E-state index in [1.54, 1.807) is 6.07 Å². The standard InChI is InChI=1S/C15H24N2O2/c1-4-6-8-17(9-7-5-2)14-12(3)10-13(11-16-14)15(18)19/h10-11H,4-9H2,1-3H3,(H,18,19). The van der Waals surface area contributed by atoms with Crippen LogP contribution in [0.4, 0.5) is 5.82 Å². The molecule has 0 bridgehead atoms. The van der Waals surface area contributed by atoms with E-state index in [9.17, 15) is 4.79 Å². The number of aromatic carboxylic acids is 1. The fourth-order valence-corrected chi connectivity index (χ4v) is 2.04. The number of nitrogens with zero attached hydrogens (tertiary/aromatic N) is 2. The van der Waals surface area contributed by atoms with Crippen LogP contribution in [0.5, 0.6) is 0 Å². The third-order valence-corrected chi connectivity index (χ3v) is 3.16. The maximum absolute atomic E-state index is 10.9. The van der Waals surface area contributed by atoms with Crippen molar-refractivity contribution < 1.29 is 9.90 Å². The number of pyridine rings is 1. The van der Waals surface area contributed by atoms with Gasteiger partial charge in [-0.25, -0.2) is 9.78 Å². The number of hydrogen-bond acceptors (Lipinski definition) is 3. The van der Waals surface area contributed by atoms with Crippen molar-refractivity contribution in [3.63, 3.8) is 0 Å². The van der Waals surface area contributed by atoms with E-state index in [2.05, 4.69) is 23.7 Å². The number of anilines is 1. The fourth-order valence-electron chi connectivity index (χ4n) is 2.04. The van der Waals surface area contributed by atoms with E-state index in [1.807, 2.05) is 6.92 Å². The van der Waals surface area contributed by atoms with E-state index in [0.717, 1.165) is 50.2 Å². The van der Waals surface area contributed by atoms with Crippen LogP contribution in [0.1, 0.15) is 55.5 Å². The molecule has 4 heteroatoms. The van der Waals surface area contributed by atoms with Crippen LogP contribution in [0.25, 0.3) is 0 Å². The van der Waals surface area contributed by atoms with Crippen LogP contribution in [0.15, 0.2) is 12.3 Å². The molecule has 106 valence electrons. The van der Waals surface area contributed by atoms with Crippen molar-refractivity contribution in [2.75, 3.05) is 18.0 Å². The number of unbranched alkanes of at least 4 members (excludes halogenated alkanes) is 2. The van der Waals surface area contributed by atoms with Crippen molar-refractivity contribution >= 4 is 11.8 Å². The molecule has 19 heavy (non-hydrogen) atoms. The molecule has 0 saturated carbocycles. The summed E-state index contributed by atoms with van der Waals surface area (Å²) >= 11 is 0. The van der Waals surface area contributed by atoms with Crippen molar-refractivity contribution in [1.29, 1.82) is 0 Å². The molecule has 0 amide bonds. The quantitative estimate of drug-likeness (QED) is 0.781. The second kappa shape index (κ2) is 7.77. The second-order valence-electron chi connectivity index (χ2n) is 4.86. The van der Waals surface area contributed by atoms with Crippen molar-refractivity contribution in [3.05, 3.63) is 23.4 Å². The Balaban J connectivity index is 2.90. The average Bonchev–Trinajstić information content (AvgIpc) is 2.39. The molecule has 0 atom stereocenters. The minimum atomic E-state index is -0.921. The normalized spacial score (nSPS) is 10.5. The lowest BCUT2D eigenvalue weighted by Crippen LogP contribution is -2.27. The topological polar surface area (TPSA) is 53.4 Å². The first-order valence-electron chi connectivity index (χ1n) is 7.05. The number of carbonyl (C=O) groups is 1. The fraction of sp³-hybridized carbons (Fsp3) is 0.600. The lowest BCUT2D eigenvalue weighted by Gasteiger charge is -2.25. The highest BCUT2D eigenvalue weighted by atomic mass is 16.4. The molecule has 1 aromatic heterocycles. The van der Waals surface area contributed by atoms with E-state index in [4.69, 9.17) is 5.11 Å². The molecular formula is C15H24N2O2. The highest BCUT2D eigenvalue weighted by molar-refractivity contribution is 5.87. The molecule has 0 radical (unpaired) electrons. The van der Waals surface area contributed by atoms with Gasteiger partial charge in [-0.15, -0.1) is 0 Å². The minimum absolute atomic E-state index is 0.257. The third-order valence-electron chi connectivity index (χ3n) is 3.16. The summed E-state index contributed by atoms with van der Waals surface area (Å²) in [5.74, 6) is 0.00252. The number of carboxylic acids is 1. The Bertz CT molecular complexity index is 411. The number of hydrogen-bond donors (Lipinski definition) is 1. The van der Waals surface area contributed by atoms with Gasteiger partial charge < -0.3 is 10.0 Å². The van der Waals surface area contributed by atoms with Crippen LogP contribution in [0.3, 0.4) is 0 Å². The van der Waals surface area contributed by atoms with E-state index >= 15 is 0 Å². The van der Waals surface area contributed by atoms with Crippen LogP contribution < -0.4 is 4.90 Å². The minimum Gasteiger partial charge on any atom is -0.478 e. The van der Waals surface area contributed by atoms with Gasteiger partial charge in [-0.3, -0.25) is 0 Å². The maximum Gasteiger partial charge on any atom is 0.337 e. The SMILES string of the molecule is CCCCN(CCCC)c1ncc(C(=O)O)cc1C. The number of carboxylic acid groups (broad SMARTS) is 1. The first-order valence-corrected chi connectivity index (χ1v) is 7.05. The first-order chi connectivity index (χ1) is 9.10. The Morgan fingerprint density at radius 2 is 1.84 bits per heavy atom. The second-order valence-corrected chi connectivity index (χ2v) is 4.86. The van der Waals surface area contributed by atoms with Gasteiger partial charge in [-0.05, 0) is 31.4 Å². The Morgan fingerprint density at radius 1 is 1.26 bits per heavy atom. The van der Waals surface area contributed by atoms with Crippen molar-refractivity contribution in [2.45, 2.75) is 46.5 Å². The van der Waals surface area contributed by atoms with E-state index in [0.29, 0.717) is 0 Å². The summed E-state index contributed by atoms with van der Waals surface area (Å²) in [7, 11) is 0. The van der Waals surface area contributed by atoms with Gasteiger partial charge in [0.05, 0.1) is 5.56 Å². The smallest absolute Gasteiger partial charge is 0.337 e. The molecule has 4 nitrogen and oxygen atoms in total. The Morgan fingerprint density at radius 3 is 2.26 bits per heavy atom. The molecule has 1 N–H and O–H groups in total. The molecule has 1 heterocycles. The highest BCUT2D eigenvalue weighted by Crippen LogP contribution is 2.19. The third kappa shape index (κ3) is 4.54. The zero-order valence-corrected chi connectivity index (χ0v) is 12.1. The summed E-state index contributed by atoms with van der Waals surface area (Å²) in [6.45, 7) is 8.24. The highest BCUT2D eigenvalue weighted by Gasteiger charge is 2.12. The average molecular weight is 264 g/mol. The Hall–Kier alpha value is -1.58. The Kier molecular flexibility index (Phi) is 6.33. The lowest BCUT2D eigenvalue weighted by molar-refractivity contribution is 0.0696. The van der Waals surface area contributed by atoms with Crippen LogP contribution in [0.2, 0.25) is 0 Å². The van der Waals surface area contributed by atoms with Gasteiger partial charge in [0.25, 0.3) is 0 Å². The zero-order valence-electron chi connectivity index (χ0n) is 12.1. The van der Waals surface area contributed by atoms with Gasteiger partial charge in [0.2, 0.25) is 0 Å². The molecule has 0 aliphatic rings. The van der Waals surface area contributed by atoms with E-state index < -0.39 is 5.97 Å². The predicted molar refractivity (Wildman–Crippen MR) is 78.0 cm³/mol. The van der Waals surface area contributed by atoms with Gasteiger partial charge in [0.1, 0.15) is 5.82 Å². The summed E-state index contributed by atoms with van der Waals surface area (Å²) in [5.41, 5.74) is 1.19. The van der Waals surface area contributed by atoms with Gasteiger partial charge in [0, 0.05) is 19.3 Å². The summed E-state index contributed by atoms with van der Waals surface area (Å²) in [6.07, 6.45) is 6.01. The summed E-state index contributed by atoms with van der Waals surface area (Å²) in [4.78, 5) is 17.5.